The third-order valence-corrected chi connectivity index (χ3v) is 3.87. The van der Waals surface area contributed by atoms with Gasteiger partial charge in [0.15, 0.2) is 5.75 Å². The average molecular weight is 293 g/mol. The smallest absolute Gasteiger partial charge is 0.310 e. The van der Waals surface area contributed by atoms with Crippen molar-refractivity contribution in [3.63, 3.8) is 0 Å². The van der Waals surface area contributed by atoms with Crippen molar-refractivity contribution < 1.29 is 14.5 Å². The van der Waals surface area contributed by atoms with Crippen LogP contribution in [-0.2, 0) is 0 Å². The van der Waals surface area contributed by atoms with Gasteiger partial charge in [-0.2, -0.15) is 0 Å². The summed E-state index contributed by atoms with van der Waals surface area (Å²) >= 11 is 0. The second kappa shape index (κ2) is 6.09. The first-order valence-electron chi connectivity index (χ1n) is 6.76. The zero-order valence-electron chi connectivity index (χ0n) is 12.4. The Morgan fingerprint density at radius 3 is 2.71 bits per heavy atom. The molecule has 0 N–H and O–H groups in total. The Morgan fingerprint density at radius 2 is 2.14 bits per heavy atom. The zero-order valence-corrected chi connectivity index (χ0v) is 12.4. The Labute approximate surface area is 123 Å². The number of piperazine rings is 1. The molecule has 7 nitrogen and oxygen atoms in total. The number of nitro benzene ring substituents is 1. The summed E-state index contributed by atoms with van der Waals surface area (Å²) in [4.78, 5) is 26.8. The molecule has 0 saturated carbocycles. The van der Waals surface area contributed by atoms with E-state index in [1.54, 1.807) is 4.90 Å². The van der Waals surface area contributed by atoms with Crippen LogP contribution in [0, 0.1) is 10.1 Å². The van der Waals surface area contributed by atoms with Gasteiger partial charge in [0.25, 0.3) is 5.91 Å². The fourth-order valence-corrected chi connectivity index (χ4v) is 2.38. The van der Waals surface area contributed by atoms with Gasteiger partial charge in [-0.15, -0.1) is 0 Å². The third-order valence-electron chi connectivity index (χ3n) is 3.87. The van der Waals surface area contributed by atoms with Crippen LogP contribution in [0.5, 0.6) is 5.75 Å². The normalized spacial score (nSPS) is 19.4. The van der Waals surface area contributed by atoms with E-state index in [-0.39, 0.29) is 17.3 Å². The molecule has 0 bridgehead atoms. The Bertz CT molecular complexity index is 561. The number of hydrogen-bond donors (Lipinski definition) is 0. The molecule has 1 aromatic carbocycles. The molecule has 1 saturated heterocycles. The molecule has 0 aliphatic carbocycles. The molecule has 1 aliphatic heterocycles. The molecule has 7 heteroatoms. The van der Waals surface area contributed by atoms with E-state index in [9.17, 15) is 14.9 Å². The van der Waals surface area contributed by atoms with Gasteiger partial charge in [0.05, 0.1) is 12.0 Å². The van der Waals surface area contributed by atoms with E-state index in [1.165, 1.54) is 25.3 Å². The number of ether oxygens (including phenoxy) is 1. The average Bonchev–Trinajstić information content (AvgIpc) is 2.48. The van der Waals surface area contributed by atoms with Crippen LogP contribution in [0.1, 0.15) is 17.3 Å². The molecular formula is C14H19N3O4. The van der Waals surface area contributed by atoms with Gasteiger partial charge < -0.3 is 14.5 Å². The van der Waals surface area contributed by atoms with Crippen LogP contribution in [0.15, 0.2) is 18.2 Å². The highest BCUT2D eigenvalue weighted by Gasteiger charge is 2.26. The van der Waals surface area contributed by atoms with E-state index in [0.29, 0.717) is 24.7 Å². The van der Waals surface area contributed by atoms with E-state index >= 15 is 0 Å². The van der Waals surface area contributed by atoms with Crippen molar-refractivity contribution >= 4 is 11.6 Å². The molecule has 0 aromatic heterocycles. The summed E-state index contributed by atoms with van der Waals surface area (Å²) in [5.41, 5.74) is 0.273. The van der Waals surface area contributed by atoms with Crippen molar-refractivity contribution in [3.05, 3.63) is 33.9 Å². The lowest BCUT2D eigenvalue weighted by Crippen LogP contribution is -2.52. The minimum Gasteiger partial charge on any atom is -0.490 e. The molecule has 1 aliphatic rings. The maximum absolute atomic E-state index is 12.5. The van der Waals surface area contributed by atoms with E-state index in [1.807, 2.05) is 7.05 Å². The van der Waals surface area contributed by atoms with E-state index < -0.39 is 4.92 Å². The highest BCUT2D eigenvalue weighted by atomic mass is 16.6. The highest BCUT2D eigenvalue weighted by molar-refractivity contribution is 5.95. The number of benzene rings is 1. The lowest BCUT2D eigenvalue weighted by atomic mass is 10.1. The predicted molar refractivity (Wildman–Crippen MR) is 77.6 cm³/mol. The molecule has 2 rings (SSSR count). The van der Waals surface area contributed by atoms with Gasteiger partial charge in [0, 0.05) is 43.4 Å². The molecule has 21 heavy (non-hydrogen) atoms. The Balaban J connectivity index is 2.22. The molecule has 1 atom stereocenters. The number of hydrogen-bond acceptors (Lipinski definition) is 5. The van der Waals surface area contributed by atoms with Crippen LogP contribution >= 0.6 is 0 Å². The topological polar surface area (TPSA) is 75.9 Å². The number of rotatable bonds is 3. The summed E-state index contributed by atoms with van der Waals surface area (Å²) in [7, 11) is 3.38. The largest absolute Gasteiger partial charge is 0.490 e. The summed E-state index contributed by atoms with van der Waals surface area (Å²) in [6, 6.07) is 4.52. The van der Waals surface area contributed by atoms with Gasteiger partial charge in [-0.05, 0) is 20.0 Å². The van der Waals surface area contributed by atoms with Crippen LogP contribution in [-0.4, -0.2) is 60.5 Å². The first-order chi connectivity index (χ1) is 9.93. The number of likely N-dealkylation sites (N-methyl/N-ethyl adjacent to an activating group) is 1. The van der Waals surface area contributed by atoms with Crippen LogP contribution < -0.4 is 4.74 Å². The molecule has 0 radical (unpaired) electrons. The number of amides is 1. The molecular weight excluding hydrogens is 274 g/mol. The van der Waals surface area contributed by atoms with Gasteiger partial charge in [0.1, 0.15) is 0 Å². The number of nitro groups is 1. The molecule has 1 unspecified atom stereocenters. The minimum absolute atomic E-state index is 0.105. The number of carbonyl (C=O) groups is 1. The van der Waals surface area contributed by atoms with Crippen molar-refractivity contribution in [2.75, 3.05) is 33.8 Å². The number of nitrogens with zero attached hydrogens (tertiary/aromatic N) is 3. The second-order valence-corrected chi connectivity index (χ2v) is 5.22. The number of carbonyl (C=O) groups excluding carboxylic acids is 1. The quantitative estimate of drug-likeness (QED) is 0.621. The van der Waals surface area contributed by atoms with E-state index in [4.69, 9.17) is 4.74 Å². The second-order valence-electron chi connectivity index (χ2n) is 5.22. The summed E-state index contributed by atoms with van der Waals surface area (Å²) in [5, 5.41) is 10.9. The van der Waals surface area contributed by atoms with Gasteiger partial charge >= 0.3 is 5.69 Å². The lowest BCUT2D eigenvalue weighted by molar-refractivity contribution is -0.385. The minimum atomic E-state index is -0.523. The van der Waals surface area contributed by atoms with Crippen LogP contribution in [0.4, 0.5) is 5.69 Å². The molecule has 1 heterocycles. The molecule has 1 aromatic rings. The molecule has 1 amide bonds. The van der Waals surface area contributed by atoms with E-state index in [2.05, 4.69) is 11.8 Å². The van der Waals surface area contributed by atoms with Crippen molar-refractivity contribution in [2.24, 2.45) is 0 Å². The van der Waals surface area contributed by atoms with Gasteiger partial charge in [-0.25, -0.2) is 0 Å². The van der Waals surface area contributed by atoms with Crippen molar-refractivity contribution in [2.45, 2.75) is 13.0 Å². The summed E-state index contributed by atoms with van der Waals surface area (Å²) in [6.07, 6.45) is 0. The third kappa shape index (κ3) is 3.13. The number of methoxy groups -OCH3 is 1. The monoisotopic (exact) mass is 293 g/mol. The summed E-state index contributed by atoms with van der Waals surface area (Å²) in [6.45, 7) is 4.18. The SMILES string of the molecule is COc1cc(C(=O)N2CCN(C)C(C)C2)ccc1[N+](=O)[O-]. The Kier molecular flexibility index (Phi) is 4.42. The maximum atomic E-state index is 12.5. The van der Waals surface area contributed by atoms with Crippen molar-refractivity contribution in [1.29, 1.82) is 0 Å². The fourth-order valence-electron chi connectivity index (χ4n) is 2.38. The van der Waals surface area contributed by atoms with Crippen LogP contribution in [0.25, 0.3) is 0 Å². The summed E-state index contributed by atoms with van der Waals surface area (Å²) < 4.78 is 5.00. The maximum Gasteiger partial charge on any atom is 0.310 e. The highest BCUT2D eigenvalue weighted by Crippen LogP contribution is 2.28. The Hall–Kier alpha value is -2.15. The Morgan fingerprint density at radius 1 is 1.43 bits per heavy atom. The van der Waals surface area contributed by atoms with Crippen molar-refractivity contribution in [3.8, 4) is 5.75 Å². The lowest BCUT2D eigenvalue weighted by Gasteiger charge is -2.37. The van der Waals surface area contributed by atoms with E-state index in [0.717, 1.165) is 6.54 Å². The summed E-state index contributed by atoms with van der Waals surface area (Å²) in [5.74, 6) is -0.0174. The van der Waals surface area contributed by atoms with Crippen LogP contribution in [0.3, 0.4) is 0 Å². The first kappa shape index (κ1) is 15.2. The first-order valence-corrected chi connectivity index (χ1v) is 6.76. The zero-order chi connectivity index (χ0) is 15.6. The van der Waals surface area contributed by atoms with Crippen molar-refractivity contribution in [1.82, 2.24) is 9.80 Å². The van der Waals surface area contributed by atoms with Gasteiger partial charge in [-0.1, -0.05) is 0 Å². The standard InChI is InChI=1S/C14H19N3O4/c1-10-9-16(7-6-15(10)2)14(18)11-4-5-12(17(19)20)13(8-11)21-3/h4-5,8,10H,6-7,9H2,1-3H3. The fraction of sp³-hybridized carbons (Fsp3) is 0.500. The van der Waals surface area contributed by atoms with Gasteiger partial charge in [0.2, 0.25) is 0 Å². The van der Waals surface area contributed by atoms with Crippen LogP contribution in [0.2, 0.25) is 0 Å². The molecule has 0 spiro atoms. The molecule has 114 valence electrons. The molecule has 1 fully saturated rings. The van der Waals surface area contributed by atoms with Gasteiger partial charge in [-0.3, -0.25) is 14.9 Å². The predicted octanol–water partition coefficient (Wildman–Crippen LogP) is 1.38.